The number of aliphatic hydroxyl groups is 2. The first-order valence-electron chi connectivity index (χ1n) is 43.4. The maximum atomic E-state index is 13.0. The highest BCUT2D eigenvalue weighted by atomic mass is 31.2. The van der Waals surface area contributed by atoms with Crippen molar-refractivity contribution in [3.63, 3.8) is 0 Å². The largest absolute Gasteiger partial charge is 0.472 e. The molecule has 4 N–H and O–H groups in total. The monoisotopic (exact) mass is 1590 g/mol. The van der Waals surface area contributed by atoms with Gasteiger partial charge in [0.1, 0.15) is 25.4 Å². The van der Waals surface area contributed by atoms with Crippen molar-refractivity contribution in [3.05, 3.63) is 170 Å². The Kier molecular flexibility index (Phi) is 80.4. The molecule has 0 aliphatic carbocycles. The van der Waals surface area contributed by atoms with Gasteiger partial charge in [-0.3, -0.25) is 32.5 Å². The molecule has 0 saturated carbocycles. The Labute approximate surface area is 675 Å². The van der Waals surface area contributed by atoms with Crippen LogP contribution in [0.25, 0.3) is 0 Å². The molecule has 0 amide bonds. The second-order valence-electron chi connectivity index (χ2n) is 28.5. The normalized spacial score (nSPS) is 14.7. The van der Waals surface area contributed by atoms with E-state index in [4.69, 9.17) is 32.3 Å². The van der Waals surface area contributed by atoms with Crippen molar-refractivity contribution in [2.75, 3.05) is 39.6 Å². The summed E-state index contributed by atoms with van der Waals surface area (Å²) in [5.41, 5.74) is 0. The highest BCUT2D eigenvalue weighted by Gasteiger charge is 2.29. The molecule has 5 atom stereocenters. The standard InChI is InChI=1S/C93H156O16P2/c1-4-7-10-13-16-19-22-25-28-31-34-36-38-39-40-41-42-43-44-45-46-47-49-51-53-55-58-61-64-67-70-73-76-79-91(96)103-82-88(94)83-105-110(99,100)106-84-89(95)85-107-111(101,102)108-87-90(109-93(98)81-78-75-72-69-66-63-60-57-52-33-30-27-24-21-18-15-12-9-6-3)86-104-92(97)80-77-74-71-68-65-62-59-56-54-50-48-37-35-32-29-26-23-20-17-14-11-8-5-2/h7-12,16-21,25-30,34-37,39-40,50,52,54,57,88-90,94-95H,4-6,13-15,22-24,31-33,38,41-49,51,53,55-56,58-87H2,1-3H3,(H,99,100)(H,101,102)/b10-7-,11-8-,12-9-,19-16-,20-17-,21-18-,28-25-,29-26-,30-27-,36-34-,37-35-,40-39-,54-50-,57-52-. The van der Waals surface area contributed by atoms with Crippen molar-refractivity contribution < 1.29 is 75.8 Å². The Hall–Kier alpha value is -5.09. The molecule has 0 aromatic heterocycles. The van der Waals surface area contributed by atoms with Crippen molar-refractivity contribution in [2.24, 2.45) is 0 Å². The van der Waals surface area contributed by atoms with Gasteiger partial charge >= 0.3 is 33.6 Å². The van der Waals surface area contributed by atoms with Gasteiger partial charge in [-0.25, -0.2) is 9.13 Å². The molecule has 0 rings (SSSR count). The summed E-state index contributed by atoms with van der Waals surface area (Å²) in [5, 5.41) is 20.7. The maximum absolute atomic E-state index is 13.0. The minimum atomic E-state index is -4.95. The molecule has 0 bridgehead atoms. The van der Waals surface area contributed by atoms with E-state index in [2.05, 4.69) is 191 Å². The molecule has 0 heterocycles. The second-order valence-corrected chi connectivity index (χ2v) is 31.5. The summed E-state index contributed by atoms with van der Waals surface area (Å²) in [5.74, 6) is -1.60. The highest BCUT2D eigenvalue weighted by molar-refractivity contribution is 7.47. The van der Waals surface area contributed by atoms with Gasteiger partial charge in [0.05, 0.1) is 26.4 Å². The van der Waals surface area contributed by atoms with Gasteiger partial charge in [-0.1, -0.05) is 345 Å². The van der Waals surface area contributed by atoms with Gasteiger partial charge in [0.2, 0.25) is 0 Å². The average molecular weight is 1590 g/mol. The van der Waals surface area contributed by atoms with Crippen LogP contribution in [0.2, 0.25) is 0 Å². The number of hydrogen-bond acceptors (Lipinski definition) is 14. The number of carbonyl (C=O) groups is 3. The van der Waals surface area contributed by atoms with Gasteiger partial charge in [0.15, 0.2) is 6.10 Å². The number of ether oxygens (including phenoxy) is 3. The molecular weight excluding hydrogens is 1430 g/mol. The molecule has 634 valence electrons. The number of hydrogen-bond donors (Lipinski definition) is 4. The lowest BCUT2D eigenvalue weighted by molar-refractivity contribution is -0.161. The first-order chi connectivity index (χ1) is 54.2. The van der Waals surface area contributed by atoms with Crippen molar-refractivity contribution in [1.82, 2.24) is 0 Å². The third-order valence-electron chi connectivity index (χ3n) is 17.9. The van der Waals surface area contributed by atoms with Crippen LogP contribution >= 0.6 is 15.6 Å². The van der Waals surface area contributed by atoms with Crippen LogP contribution in [-0.4, -0.2) is 95.9 Å². The molecule has 5 unspecified atom stereocenters. The zero-order chi connectivity index (χ0) is 80.8. The van der Waals surface area contributed by atoms with Crippen LogP contribution in [0.1, 0.15) is 342 Å². The van der Waals surface area contributed by atoms with E-state index in [-0.39, 0.29) is 19.3 Å². The van der Waals surface area contributed by atoms with Gasteiger partial charge < -0.3 is 34.2 Å². The van der Waals surface area contributed by atoms with Gasteiger partial charge in [0.25, 0.3) is 0 Å². The molecule has 18 heteroatoms. The minimum Gasteiger partial charge on any atom is -0.463 e. The number of aliphatic hydroxyl groups excluding tert-OH is 2. The summed E-state index contributed by atoms with van der Waals surface area (Å²) in [6.07, 6.45) is 108. The molecule has 0 aliphatic rings. The Morgan fingerprint density at radius 1 is 0.252 bits per heavy atom. The van der Waals surface area contributed by atoms with Crippen LogP contribution in [0.15, 0.2) is 170 Å². The molecule has 111 heavy (non-hydrogen) atoms. The number of phosphoric ester groups is 2. The van der Waals surface area contributed by atoms with E-state index in [9.17, 15) is 43.5 Å². The Morgan fingerprint density at radius 3 is 0.712 bits per heavy atom. The van der Waals surface area contributed by atoms with E-state index < -0.39 is 91.5 Å². The van der Waals surface area contributed by atoms with E-state index in [1.165, 1.54) is 89.9 Å². The quantitative estimate of drug-likeness (QED) is 0.0146. The number of unbranched alkanes of at least 4 members (excludes halogenated alkanes) is 30. The van der Waals surface area contributed by atoms with Crippen molar-refractivity contribution in [3.8, 4) is 0 Å². The fourth-order valence-electron chi connectivity index (χ4n) is 11.4. The lowest BCUT2D eigenvalue weighted by Crippen LogP contribution is -2.30. The predicted molar refractivity (Wildman–Crippen MR) is 463 cm³/mol. The molecule has 0 aromatic rings. The summed E-state index contributed by atoms with van der Waals surface area (Å²) < 4.78 is 61.3. The molecule has 0 spiro atoms. The molecule has 0 aromatic carbocycles. The van der Waals surface area contributed by atoms with E-state index >= 15 is 0 Å². The average Bonchev–Trinajstić information content (AvgIpc) is 0.900. The van der Waals surface area contributed by atoms with Crippen molar-refractivity contribution in [2.45, 2.75) is 360 Å². The van der Waals surface area contributed by atoms with Crippen LogP contribution in [0, 0.1) is 0 Å². The number of rotatable bonds is 81. The van der Waals surface area contributed by atoms with E-state index in [1.807, 2.05) is 0 Å². The molecule has 16 nitrogen and oxygen atoms in total. The van der Waals surface area contributed by atoms with E-state index in [1.54, 1.807) is 0 Å². The van der Waals surface area contributed by atoms with E-state index in [0.717, 1.165) is 193 Å². The van der Waals surface area contributed by atoms with Gasteiger partial charge in [-0.15, -0.1) is 0 Å². The number of esters is 3. The molecule has 0 aliphatic heterocycles. The lowest BCUT2D eigenvalue weighted by atomic mass is 10.0. The summed E-state index contributed by atoms with van der Waals surface area (Å²) in [6.45, 7) is 2.33. The van der Waals surface area contributed by atoms with Crippen LogP contribution in [-0.2, 0) is 55.8 Å². The summed E-state index contributed by atoms with van der Waals surface area (Å²) >= 11 is 0. The fourth-order valence-corrected chi connectivity index (χ4v) is 13.0. The number of allylic oxidation sites excluding steroid dienone is 28. The fraction of sp³-hybridized carbons (Fsp3) is 0.667. The zero-order valence-corrected chi connectivity index (χ0v) is 71.4. The Bertz CT molecular complexity index is 2700. The number of phosphoric acid groups is 2. The summed E-state index contributed by atoms with van der Waals surface area (Å²) in [7, 11) is -9.81. The first-order valence-corrected chi connectivity index (χ1v) is 46.4. The molecule has 0 radical (unpaired) electrons. The SMILES string of the molecule is CC/C=C\C/C=C\C/C=C\C/C=C\C/C=C\CCCCCCCCCCCCCCCCCCCC(=O)OCC(O)COP(=O)(O)OCC(O)COP(=O)(O)OCC(COC(=O)CCCCCCCCC/C=C\C/C=C\C/C=C\C/C=C\C/C=C\CC)OC(=O)CCCCCCCC/C=C\C/C=C\C/C=C\C/C=C\CC. The van der Waals surface area contributed by atoms with Crippen LogP contribution in [0.5, 0.6) is 0 Å². The lowest BCUT2D eigenvalue weighted by Gasteiger charge is -2.21. The smallest absolute Gasteiger partial charge is 0.463 e. The summed E-state index contributed by atoms with van der Waals surface area (Å²) in [6, 6.07) is 0. The Morgan fingerprint density at radius 2 is 0.450 bits per heavy atom. The predicted octanol–water partition coefficient (Wildman–Crippen LogP) is 26.3. The van der Waals surface area contributed by atoms with Gasteiger partial charge in [-0.2, -0.15) is 0 Å². The third-order valence-corrected chi connectivity index (χ3v) is 19.8. The summed E-state index contributed by atoms with van der Waals surface area (Å²) in [4.78, 5) is 58.9. The highest BCUT2D eigenvalue weighted by Crippen LogP contribution is 2.45. The van der Waals surface area contributed by atoms with Crippen LogP contribution in [0.3, 0.4) is 0 Å². The first kappa shape index (κ1) is 106. The van der Waals surface area contributed by atoms with E-state index in [0.29, 0.717) is 19.3 Å². The minimum absolute atomic E-state index is 0.0808. The van der Waals surface area contributed by atoms with Crippen molar-refractivity contribution in [1.29, 1.82) is 0 Å². The van der Waals surface area contributed by atoms with Crippen LogP contribution < -0.4 is 0 Å². The van der Waals surface area contributed by atoms with Crippen molar-refractivity contribution >= 4 is 33.6 Å². The zero-order valence-electron chi connectivity index (χ0n) is 69.6. The van der Waals surface area contributed by atoms with Crippen LogP contribution in [0.4, 0.5) is 0 Å². The molecule has 0 fully saturated rings. The van der Waals surface area contributed by atoms with Gasteiger partial charge in [0, 0.05) is 19.3 Å². The molecular formula is C93H156O16P2. The molecule has 0 saturated heterocycles. The second kappa shape index (κ2) is 84.3. The topological polar surface area (TPSA) is 231 Å². The van der Waals surface area contributed by atoms with Gasteiger partial charge in [-0.05, 0) is 148 Å². The maximum Gasteiger partial charge on any atom is 0.472 e. The third kappa shape index (κ3) is 85.6. The number of carbonyl (C=O) groups excluding carboxylic acids is 3. The Balaban J connectivity index is 4.54.